The molecule has 54 heavy (non-hydrogen) atoms. The number of carbonyl (C=O) groups excluding carboxylic acids is 4. The van der Waals surface area contributed by atoms with Gasteiger partial charge in [-0.25, -0.2) is 8.42 Å². The van der Waals surface area contributed by atoms with Gasteiger partial charge in [0, 0.05) is 31.6 Å². The first-order valence-electron chi connectivity index (χ1n) is 19.4. The van der Waals surface area contributed by atoms with Crippen LogP contribution in [-0.4, -0.2) is 77.4 Å². The Morgan fingerprint density at radius 2 is 1.70 bits per heavy atom. The van der Waals surface area contributed by atoms with Crippen LogP contribution < -0.4 is 14.2 Å². The summed E-state index contributed by atoms with van der Waals surface area (Å²) in [5.74, 6) is -1.59. The maximum absolute atomic E-state index is 14.9. The predicted molar refractivity (Wildman–Crippen MR) is 204 cm³/mol. The smallest absolute Gasteiger partial charge is 0.242 e. The molecule has 6 rings (SSSR count). The summed E-state index contributed by atoms with van der Waals surface area (Å²) in [7, 11) is -2.43. The van der Waals surface area contributed by atoms with Gasteiger partial charge in [0.05, 0.1) is 40.6 Å². The molecule has 1 aromatic heterocycles. The van der Waals surface area contributed by atoms with E-state index in [0.717, 1.165) is 19.3 Å². The molecular formula is C41H56N4O8S. The number of sulfonamides is 1. The van der Waals surface area contributed by atoms with E-state index in [1.807, 2.05) is 64.1 Å². The summed E-state index contributed by atoms with van der Waals surface area (Å²) in [6.45, 7) is 11.8. The SMILES string of the molecule is COc1nnc(O[C@@H]2C[C@H]3C(=O)C[C@]4(C(=O)NS(=O)(=O)C5(C)CC5)C[C@H]4/C=C\CC[C@@H](C)C[C@@H](C)[C@H](CC(=O)CC(C)(C)C)C(=O)N3C2)c2ccccc12. The molecule has 0 bridgehead atoms. The number of benzene rings is 1. The fraction of sp³-hybridized carbons (Fsp3) is 0.659. The third-order valence-electron chi connectivity index (χ3n) is 12.1. The molecule has 0 radical (unpaired) electrons. The molecular weight excluding hydrogens is 709 g/mol. The zero-order chi connectivity index (χ0) is 39.2. The second kappa shape index (κ2) is 15.0. The fourth-order valence-electron chi connectivity index (χ4n) is 8.44. The fourth-order valence-corrected chi connectivity index (χ4v) is 9.78. The van der Waals surface area contributed by atoms with Gasteiger partial charge in [-0.05, 0) is 80.8 Å². The normalized spacial score (nSPS) is 30.7. The van der Waals surface area contributed by atoms with E-state index in [1.165, 1.54) is 7.11 Å². The number of hydrogen-bond acceptors (Lipinski definition) is 10. The highest BCUT2D eigenvalue weighted by atomic mass is 32.2. The minimum atomic E-state index is -3.94. The number of ketones is 2. The van der Waals surface area contributed by atoms with Gasteiger partial charge in [0.15, 0.2) is 5.78 Å². The molecule has 1 saturated heterocycles. The minimum Gasteiger partial charge on any atom is -0.479 e. The number of amides is 2. The van der Waals surface area contributed by atoms with Crippen LogP contribution in [0.25, 0.3) is 10.8 Å². The van der Waals surface area contributed by atoms with Crippen LogP contribution >= 0.6 is 0 Å². The summed E-state index contributed by atoms with van der Waals surface area (Å²) >= 11 is 0. The molecule has 3 heterocycles. The highest BCUT2D eigenvalue weighted by Crippen LogP contribution is 2.57. The van der Waals surface area contributed by atoms with E-state index in [4.69, 9.17) is 9.47 Å². The predicted octanol–water partition coefficient (Wildman–Crippen LogP) is 5.97. The quantitative estimate of drug-likeness (QED) is 0.301. The molecule has 1 N–H and O–H groups in total. The minimum absolute atomic E-state index is 0.00179. The van der Waals surface area contributed by atoms with Gasteiger partial charge in [-0.3, -0.25) is 23.9 Å². The number of rotatable bonds is 9. The van der Waals surface area contributed by atoms with Gasteiger partial charge >= 0.3 is 0 Å². The molecule has 2 amide bonds. The van der Waals surface area contributed by atoms with Gasteiger partial charge in [0.1, 0.15) is 11.9 Å². The second-order valence-corrected chi connectivity index (χ2v) is 20.1. The van der Waals surface area contributed by atoms with E-state index < -0.39 is 44.2 Å². The summed E-state index contributed by atoms with van der Waals surface area (Å²) in [5.41, 5.74) is -1.51. The number of fused-ring (bicyclic) bond motifs is 3. The van der Waals surface area contributed by atoms with E-state index >= 15 is 0 Å². The van der Waals surface area contributed by atoms with E-state index in [-0.39, 0.29) is 72.3 Å². The number of Topliss-reactive ketones (excluding diaryl/α,β-unsaturated/α-hetero) is 2. The Balaban J connectivity index is 1.35. The van der Waals surface area contributed by atoms with Gasteiger partial charge in [0.2, 0.25) is 33.6 Å². The maximum Gasteiger partial charge on any atom is 0.242 e. The van der Waals surface area contributed by atoms with Gasteiger partial charge in [0.25, 0.3) is 0 Å². The van der Waals surface area contributed by atoms with E-state index in [9.17, 15) is 27.6 Å². The number of nitrogens with one attached hydrogen (secondary N) is 1. The second-order valence-electron chi connectivity index (χ2n) is 17.9. The molecule has 2 aromatic rings. The lowest BCUT2D eigenvalue weighted by Gasteiger charge is -2.32. The van der Waals surface area contributed by atoms with Crippen molar-refractivity contribution in [2.45, 2.75) is 123 Å². The van der Waals surface area contributed by atoms with Crippen LogP contribution in [0.15, 0.2) is 36.4 Å². The van der Waals surface area contributed by atoms with Crippen LogP contribution in [-0.2, 0) is 29.2 Å². The van der Waals surface area contributed by atoms with E-state index in [1.54, 1.807) is 11.8 Å². The number of nitrogens with zero attached hydrogens (tertiary/aromatic N) is 3. The Morgan fingerprint density at radius 3 is 2.35 bits per heavy atom. The maximum atomic E-state index is 14.9. The summed E-state index contributed by atoms with van der Waals surface area (Å²) in [6.07, 6.45) is 7.20. The Bertz CT molecular complexity index is 1940. The zero-order valence-corrected chi connectivity index (χ0v) is 33.5. The Kier molecular flexibility index (Phi) is 11.1. The van der Waals surface area contributed by atoms with Crippen LogP contribution in [0.1, 0.15) is 106 Å². The van der Waals surface area contributed by atoms with Gasteiger partial charge < -0.3 is 14.4 Å². The molecule has 0 spiro atoms. The number of ether oxygens (including phenoxy) is 2. The highest BCUT2D eigenvalue weighted by molar-refractivity contribution is 7.91. The van der Waals surface area contributed by atoms with Crippen LogP contribution in [0, 0.1) is 34.5 Å². The molecule has 3 fully saturated rings. The van der Waals surface area contributed by atoms with Crippen molar-refractivity contribution in [2.24, 2.45) is 34.5 Å². The molecule has 2 aliphatic heterocycles. The van der Waals surface area contributed by atoms with Crippen LogP contribution in [0.2, 0.25) is 0 Å². The molecule has 2 aliphatic carbocycles. The molecule has 1 aromatic carbocycles. The molecule has 2 saturated carbocycles. The first kappa shape index (κ1) is 39.8. The third-order valence-corrected chi connectivity index (χ3v) is 14.2. The Morgan fingerprint density at radius 1 is 1.04 bits per heavy atom. The van der Waals surface area contributed by atoms with Crippen molar-refractivity contribution >= 4 is 44.2 Å². The monoisotopic (exact) mass is 764 g/mol. The van der Waals surface area contributed by atoms with Crippen molar-refractivity contribution < 1.29 is 37.1 Å². The van der Waals surface area contributed by atoms with Gasteiger partial charge in [-0.2, -0.15) is 0 Å². The number of aromatic nitrogens is 2. The lowest BCUT2D eigenvalue weighted by atomic mass is 9.79. The van der Waals surface area contributed by atoms with Crippen LogP contribution in [0.5, 0.6) is 11.8 Å². The Hall–Kier alpha value is -3.87. The van der Waals surface area contributed by atoms with E-state index in [0.29, 0.717) is 42.3 Å². The third kappa shape index (κ3) is 8.35. The average Bonchev–Trinajstić information content (AvgIpc) is 3.98. The van der Waals surface area contributed by atoms with Crippen LogP contribution in [0.4, 0.5) is 0 Å². The van der Waals surface area contributed by atoms with Gasteiger partial charge in [-0.15, -0.1) is 10.2 Å². The zero-order valence-electron chi connectivity index (χ0n) is 32.7. The summed E-state index contributed by atoms with van der Waals surface area (Å²) < 4.78 is 39.7. The number of hydrogen-bond donors (Lipinski definition) is 1. The van der Waals surface area contributed by atoms with Crippen LogP contribution in [0.3, 0.4) is 0 Å². The van der Waals surface area contributed by atoms with Crippen molar-refractivity contribution in [3.05, 3.63) is 36.4 Å². The summed E-state index contributed by atoms with van der Waals surface area (Å²) in [5, 5.41) is 9.84. The first-order valence-corrected chi connectivity index (χ1v) is 20.9. The number of allylic oxidation sites excluding steroid dienone is 2. The molecule has 7 atom stereocenters. The topological polar surface area (TPSA) is 162 Å². The van der Waals surface area contributed by atoms with E-state index in [2.05, 4.69) is 21.8 Å². The molecule has 0 unspecified atom stereocenters. The van der Waals surface area contributed by atoms with Crippen molar-refractivity contribution in [1.29, 1.82) is 0 Å². The number of carbonyl (C=O) groups is 4. The first-order chi connectivity index (χ1) is 25.4. The standard InChI is InChI=1S/C41H56N4O8S/c1-25-12-8-9-13-27-21-41(27,38(49)44-54(50,51)40(6)16-17-40)23-34(47)33-20-29(53-36-31-15-11-10-14-30(31)35(52-7)42-43-36)24-45(33)37(48)32(26(2)18-25)19-28(46)22-39(3,4)5/h9-11,13-15,25-27,29,32-33H,8,12,16-24H2,1-7H3,(H,44,49)/b13-9-/t25-,26-,27-,29-,32+,33+,41-/m1/s1. The lowest BCUT2D eigenvalue weighted by molar-refractivity contribution is -0.145. The molecule has 4 aliphatic rings. The average molecular weight is 765 g/mol. The number of methoxy groups -OCH3 is 1. The molecule has 12 nitrogen and oxygen atoms in total. The Labute approximate surface area is 319 Å². The molecule has 294 valence electrons. The van der Waals surface area contributed by atoms with Crippen molar-refractivity contribution in [3.63, 3.8) is 0 Å². The van der Waals surface area contributed by atoms with Crippen molar-refractivity contribution in [1.82, 2.24) is 19.8 Å². The largest absolute Gasteiger partial charge is 0.479 e. The van der Waals surface area contributed by atoms with Crippen molar-refractivity contribution in [2.75, 3.05) is 13.7 Å². The summed E-state index contributed by atoms with van der Waals surface area (Å²) in [6, 6.07) is 6.43. The highest BCUT2D eigenvalue weighted by Gasteiger charge is 2.62. The lowest BCUT2D eigenvalue weighted by Crippen LogP contribution is -2.48. The molecule has 13 heteroatoms. The van der Waals surface area contributed by atoms with Gasteiger partial charge in [-0.1, -0.05) is 58.9 Å². The summed E-state index contributed by atoms with van der Waals surface area (Å²) in [4.78, 5) is 58.6. The van der Waals surface area contributed by atoms with Crippen molar-refractivity contribution in [3.8, 4) is 11.8 Å².